The molecule has 2 aromatic carbocycles. The van der Waals surface area contributed by atoms with Gasteiger partial charge >= 0.3 is 6.09 Å². The summed E-state index contributed by atoms with van der Waals surface area (Å²) in [5, 5.41) is 10.7. The average molecular weight is 358 g/mol. The Kier molecular flexibility index (Phi) is 4.83. The Labute approximate surface area is 148 Å². The molecule has 3 amide bonds. The van der Waals surface area contributed by atoms with Crippen molar-refractivity contribution in [2.75, 3.05) is 13.1 Å². The minimum absolute atomic E-state index is 0.0469. The fourth-order valence-electron chi connectivity index (χ4n) is 2.58. The third-order valence-corrected chi connectivity index (χ3v) is 3.87. The lowest BCUT2D eigenvalue weighted by Crippen LogP contribution is -2.37. The molecule has 0 radical (unpaired) electrons. The van der Waals surface area contributed by atoms with Crippen molar-refractivity contribution in [1.82, 2.24) is 10.2 Å². The predicted octanol–water partition coefficient (Wildman–Crippen LogP) is 2.27. The van der Waals surface area contributed by atoms with Crippen molar-refractivity contribution >= 4 is 17.9 Å². The number of nitrogens with zero attached hydrogens (tertiary/aromatic N) is 1. The molecule has 1 aliphatic rings. The Morgan fingerprint density at radius 1 is 1.08 bits per heavy atom. The number of carbonyl (C=O) groups excluding carboxylic acids is 2. The lowest BCUT2D eigenvalue weighted by Gasteiger charge is -2.13. The second-order valence-electron chi connectivity index (χ2n) is 5.62. The first-order chi connectivity index (χ1) is 12.5. The van der Waals surface area contributed by atoms with E-state index in [1.54, 1.807) is 18.2 Å². The van der Waals surface area contributed by atoms with E-state index in [1.165, 1.54) is 24.3 Å². The van der Waals surface area contributed by atoms with E-state index in [4.69, 9.17) is 9.84 Å². The predicted molar refractivity (Wildman–Crippen MR) is 88.6 cm³/mol. The molecule has 2 N–H and O–H groups in total. The number of fused-ring (bicyclic) bond motifs is 1. The van der Waals surface area contributed by atoms with Crippen LogP contribution in [0, 0.1) is 5.82 Å². The molecule has 3 rings (SSSR count). The van der Waals surface area contributed by atoms with Crippen molar-refractivity contribution < 1.29 is 28.6 Å². The van der Waals surface area contributed by atoms with Crippen LogP contribution in [0.1, 0.15) is 26.3 Å². The highest BCUT2D eigenvalue weighted by atomic mass is 19.1. The maximum atomic E-state index is 12.9. The smallest absolute Gasteiger partial charge is 0.404 e. The van der Waals surface area contributed by atoms with E-state index in [1.807, 2.05) is 0 Å². The van der Waals surface area contributed by atoms with Crippen LogP contribution in [0.5, 0.6) is 5.75 Å². The Bertz CT molecular complexity index is 866. The summed E-state index contributed by atoms with van der Waals surface area (Å²) in [5.74, 6) is -0.903. The number of nitrogens with one attached hydrogen (secondary N) is 1. The molecule has 0 atom stereocenters. The van der Waals surface area contributed by atoms with E-state index in [0.717, 1.165) is 10.5 Å². The standard InChI is InChI=1S/C18H15FN2O5/c19-12-3-1-11(2-4-12)10-26-13-5-6-14-15(9-13)17(23)21(16(14)22)8-7-20-18(24)25/h1-6,9,20H,7-8,10H2,(H,24,25). The third-order valence-electron chi connectivity index (χ3n) is 3.87. The summed E-state index contributed by atoms with van der Waals surface area (Å²) in [6.07, 6.45) is -1.22. The Morgan fingerprint density at radius 3 is 2.46 bits per heavy atom. The zero-order valence-electron chi connectivity index (χ0n) is 13.6. The summed E-state index contributed by atoms with van der Waals surface area (Å²) < 4.78 is 18.5. The maximum Gasteiger partial charge on any atom is 0.404 e. The second-order valence-corrected chi connectivity index (χ2v) is 5.62. The van der Waals surface area contributed by atoms with Gasteiger partial charge in [0.05, 0.1) is 11.1 Å². The largest absolute Gasteiger partial charge is 0.489 e. The first kappa shape index (κ1) is 17.4. The monoisotopic (exact) mass is 358 g/mol. The molecule has 0 fully saturated rings. The molecule has 26 heavy (non-hydrogen) atoms. The molecule has 8 heteroatoms. The van der Waals surface area contributed by atoms with Gasteiger partial charge in [-0.2, -0.15) is 0 Å². The quantitative estimate of drug-likeness (QED) is 0.773. The zero-order chi connectivity index (χ0) is 18.7. The summed E-state index contributed by atoms with van der Waals surface area (Å²) >= 11 is 0. The van der Waals surface area contributed by atoms with Crippen LogP contribution in [0.3, 0.4) is 0 Å². The number of carboxylic acid groups (broad SMARTS) is 1. The van der Waals surface area contributed by atoms with Gasteiger partial charge in [-0.3, -0.25) is 14.5 Å². The third kappa shape index (κ3) is 3.64. The molecule has 0 spiro atoms. The molecular weight excluding hydrogens is 343 g/mol. The fourth-order valence-corrected chi connectivity index (χ4v) is 2.58. The van der Waals surface area contributed by atoms with Crippen molar-refractivity contribution in [2.45, 2.75) is 6.61 Å². The lowest BCUT2D eigenvalue weighted by atomic mass is 10.1. The van der Waals surface area contributed by atoms with Gasteiger partial charge in [0.25, 0.3) is 11.8 Å². The van der Waals surface area contributed by atoms with Crippen molar-refractivity contribution in [3.8, 4) is 5.75 Å². The summed E-state index contributed by atoms with van der Waals surface area (Å²) in [4.78, 5) is 36.1. The van der Waals surface area contributed by atoms with Gasteiger partial charge in [-0.25, -0.2) is 9.18 Å². The summed E-state index contributed by atoms with van der Waals surface area (Å²) in [6, 6.07) is 10.4. The molecule has 0 saturated heterocycles. The zero-order valence-corrected chi connectivity index (χ0v) is 13.6. The van der Waals surface area contributed by atoms with Gasteiger partial charge in [0, 0.05) is 13.1 Å². The number of ether oxygens (including phenoxy) is 1. The second kappa shape index (κ2) is 7.22. The number of benzene rings is 2. The highest BCUT2D eigenvalue weighted by molar-refractivity contribution is 6.21. The Morgan fingerprint density at radius 2 is 1.77 bits per heavy atom. The molecule has 1 aliphatic heterocycles. The normalized spacial score (nSPS) is 12.9. The van der Waals surface area contributed by atoms with Crippen LogP contribution in [-0.4, -0.2) is 41.0 Å². The molecule has 134 valence electrons. The first-order valence-corrected chi connectivity index (χ1v) is 7.80. The minimum atomic E-state index is -1.22. The fraction of sp³-hybridized carbons (Fsp3) is 0.167. The van der Waals surface area contributed by atoms with Crippen LogP contribution in [-0.2, 0) is 6.61 Å². The molecule has 2 aromatic rings. The number of hydrogen-bond acceptors (Lipinski definition) is 4. The number of rotatable bonds is 6. The van der Waals surface area contributed by atoms with Gasteiger partial charge in [0.15, 0.2) is 0 Å². The van der Waals surface area contributed by atoms with Crippen molar-refractivity contribution in [1.29, 1.82) is 0 Å². The van der Waals surface area contributed by atoms with E-state index < -0.39 is 17.9 Å². The first-order valence-electron chi connectivity index (χ1n) is 7.80. The molecule has 7 nitrogen and oxygen atoms in total. The highest BCUT2D eigenvalue weighted by Gasteiger charge is 2.35. The van der Waals surface area contributed by atoms with Crippen LogP contribution in [0.25, 0.3) is 0 Å². The molecule has 0 bridgehead atoms. The molecule has 0 aliphatic carbocycles. The van der Waals surface area contributed by atoms with Crippen molar-refractivity contribution in [2.24, 2.45) is 0 Å². The summed E-state index contributed by atoms with van der Waals surface area (Å²) in [7, 11) is 0. The molecule has 1 heterocycles. The van der Waals surface area contributed by atoms with Gasteiger partial charge in [-0.15, -0.1) is 0 Å². The summed E-state index contributed by atoms with van der Waals surface area (Å²) in [5.41, 5.74) is 1.22. The van der Waals surface area contributed by atoms with Gasteiger partial charge in [0.1, 0.15) is 18.2 Å². The van der Waals surface area contributed by atoms with Gasteiger partial charge < -0.3 is 15.2 Å². The van der Waals surface area contributed by atoms with Gasteiger partial charge in [-0.05, 0) is 35.9 Å². The van der Waals surface area contributed by atoms with Gasteiger partial charge in [0.2, 0.25) is 0 Å². The Balaban J connectivity index is 1.68. The topological polar surface area (TPSA) is 95.9 Å². The number of amides is 3. The molecular formula is C18H15FN2O5. The number of hydrogen-bond donors (Lipinski definition) is 2. The van der Waals surface area contributed by atoms with E-state index >= 15 is 0 Å². The van der Waals surface area contributed by atoms with Crippen LogP contribution < -0.4 is 10.1 Å². The molecule has 0 aromatic heterocycles. The van der Waals surface area contributed by atoms with E-state index in [-0.39, 0.29) is 36.6 Å². The number of imide groups is 1. The van der Waals surface area contributed by atoms with Crippen LogP contribution in [0.4, 0.5) is 9.18 Å². The summed E-state index contributed by atoms with van der Waals surface area (Å²) in [6.45, 7) is 0.0899. The van der Waals surface area contributed by atoms with E-state index in [2.05, 4.69) is 5.32 Å². The number of halogens is 1. The van der Waals surface area contributed by atoms with E-state index in [9.17, 15) is 18.8 Å². The Hall–Kier alpha value is -3.42. The lowest BCUT2D eigenvalue weighted by molar-refractivity contribution is 0.0654. The van der Waals surface area contributed by atoms with Crippen LogP contribution in [0.2, 0.25) is 0 Å². The average Bonchev–Trinajstić information content (AvgIpc) is 2.85. The SMILES string of the molecule is O=C(O)NCCN1C(=O)c2ccc(OCc3ccc(F)cc3)cc2C1=O. The van der Waals surface area contributed by atoms with Crippen LogP contribution in [0.15, 0.2) is 42.5 Å². The number of carbonyl (C=O) groups is 3. The maximum absolute atomic E-state index is 12.9. The molecule has 0 saturated carbocycles. The minimum Gasteiger partial charge on any atom is -0.489 e. The van der Waals surface area contributed by atoms with E-state index in [0.29, 0.717) is 5.75 Å². The molecule has 0 unspecified atom stereocenters. The van der Waals surface area contributed by atoms with Crippen molar-refractivity contribution in [3.05, 3.63) is 65.0 Å². The van der Waals surface area contributed by atoms with Gasteiger partial charge in [-0.1, -0.05) is 12.1 Å². The van der Waals surface area contributed by atoms with Crippen LogP contribution >= 0.6 is 0 Å². The highest BCUT2D eigenvalue weighted by Crippen LogP contribution is 2.27. The van der Waals surface area contributed by atoms with Crippen molar-refractivity contribution in [3.63, 3.8) is 0 Å².